The fourth-order valence-corrected chi connectivity index (χ4v) is 4.63. The molecule has 1 saturated heterocycles. The summed E-state index contributed by atoms with van der Waals surface area (Å²) in [6, 6.07) is 17.9. The second-order valence-electron chi connectivity index (χ2n) is 9.34. The molecule has 39 heavy (non-hydrogen) atoms. The average Bonchev–Trinajstić information content (AvgIpc) is 3.55. The lowest BCUT2D eigenvalue weighted by Crippen LogP contribution is -2.39. The van der Waals surface area contributed by atoms with Crippen LogP contribution in [0.2, 0.25) is 0 Å². The van der Waals surface area contributed by atoms with Crippen LogP contribution in [0.15, 0.2) is 77.4 Å². The molecule has 2 aromatic heterocycles. The predicted octanol–water partition coefficient (Wildman–Crippen LogP) is 2.66. The lowest BCUT2D eigenvalue weighted by molar-refractivity contribution is -0.117. The fraction of sp³-hybridized carbons (Fsp3) is 0.250. The number of nitriles is 1. The number of aromatic nitrogens is 4. The molecule has 11 nitrogen and oxygen atoms in total. The molecular formula is C28H28N8O3. The number of hydrogen-bond donors (Lipinski definition) is 3. The Morgan fingerprint density at radius 1 is 1.23 bits per heavy atom. The number of amides is 1. The second kappa shape index (κ2) is 11.2. The highest BCUT2D eigenvalue weighted by atomic mass is 16.5. The maximum atomic E-state index is 13.6. The van der Waals surface area contributed by atoms with Crippen molar-refractivity contribution >= 4 is 22.9 Å². The number of carbonyl (C=O) groups is 1. The Morgan fingerprint density at radius 3 is 2.67 bits per heavy atom. The third-order valence-corrected chi connectivity index (χ3v) is 6.47. The van der Waals surface area contributed by atoms with E-state index in [1.807, 2.05) is 36.4 Å². The zero-order chi connectivity index (χ0) is 27.4. The van der Waals surface area contributed by atoms with E-state index in [1.54, 1.807) is 37.3 Å². The number of hydrogen-bond acceptors (Lipinski definition) is 8. The Bertz CT molecular complexity index is 1610. The van der Waals surface area contributed by atoms with Gasteiger partial charge in [0.15, 0.2) is 11.5 Å². The number of nitrogen functional groups attached to an aromatic ring is 1. The maximum Gasteiger partial charge on any atom is 0.335 e. The van der Waals surface area contributed by atoms with E-state index in [-0.39, 0.29) is 29.7 Å². The SMILES string of the molecule is C[C@@H](Cn1c(=O)n(-c2ccc(Oc3ccccc3)cc2)c2c(N)ncnc21)NC(=O)C(C#N)=C[C@@H]1CCCN1. The highest BCUT2D eigenvalue weighted by Gasteiger charge is 2.22. The molecule has 0 saturated carbocycles. The lowest BCUT2D eigenvalue weighted by Gasteiger charge is -2.14. The van der Waals surface area contributed by atoms with Crippen LogP contribution in [0.1, 0.15) is 19.8 Å². The van der Waals surface area contributed by atoms with Gasteiger partial charge in [-0.3, -0.25) is 13.9 Å². The van der Waals surface area contributed by atoms with Crippen LogP contribution in [0.5, 0.6) is 11.5 Å². The summed E-state index contributed by atoms with van der Waals surface area (Å²) in [5.41, 5.74) is 7.10. The zero-order valence-corrected chi connectivity index (χ0v) is 21.4. The number of nitrogens with two attached hydrogens (primary N) is 1. The molecule has 11 heteroatoms. The summed E-state index contributed by atoms with van der Waals surface area (Å²) < 4.78 is 8.75. The van der Waals surface area contributed by atoms with Gasteiger partial charge in [0.1, 0.15) is 35.0 Å². The van der Waals surface area contributed by atoms with Crippen molar-refractivity contribution in [3.05, 3.63) is 83.1 Å². The van der Waals surface area contributed by atoms with Gasteiger partial charge >= 0.3 is 5.69 Å². The summed E-state index contributed by atoms with van der Waals surface area (Å²) in [7, 11) is 0. The van der Waals surface area contributed by atoms with Gasteiger partial charge in [-0.15, -0.1) is 0 Å². The quantitative estimate of drug-likeness (QED) is 0.235. The Hall–Kier alpha value is -4.95. The van der Waals surface area contributed by atoms with E-state index in [0.717, 1.165) is 19.4 Å². The minimum atomic E-state index is -0.487. The fourth-order valence-electron chi connectivity index (χ4n) is 4.63. The molecule has 1 fully saturated rings. The first-order chi connectivity index (χ1) is 18.9. The van der Waals surface area contributed by atoms with Crippen LogP contribution in [0, 0.1) is 11.3 Å². The van der Waals surface area contributed by atoms with Crippen LogP contribution < -0.4 is 26.8 Å². The third-order valence-electron chi connectivity index (χ3n) is 6.47. The van der Waals surface area contributed by atoms with Crippen molar-refractivity contribution in [1.29, 1.82) is 5.26 Å². The Labute approximate surface area is 224 Å². The molecule has 0 aliphatic carbocycles. The molecule has 2 aromatic carbocycles. The Kier molecular flexibility index (Phi) is 7.38. The molecule has 2 atom stereocenters. The Balaban J connectivity index is 1.41. The highest BCUT2D eigenvalue weighted by molar-refractivity contribution is 5.97. The molecular weight excluding hydrogens is 496 g/mol. The van der Waals surface area contributed by atoms with Crippen molar-refractivity contribution in [2.45, 2.75) is 38.4 Å². The third kappa shape index (κ3) is 5.51. The summed E-state index contributed by atoms with van der Waals surface area (Å²) in [5.74, 6) is 0.965. The lowest BCUT2D eigenvalue weighted by atomic mass is 10.1. The number of benzene rings is 2. The first-order valence-corrected chi connectivity index (χ1v) is 12.7. The number of imidazole rings is 1. The van der Waals surface area contributed by atoms with Gasteiger partial charge in [0.25, 0.3) is 5.91 Å². The second-order valence-corrected chi connectivity index (χ2v) is 9.34. The number of anilines is 1. The van der Waals surface area contributed by atoms with Gasteiger partial charge in [0, 0.05) is 18.6 Å². The number of para-hydroxylation sites is 1. The molecule has 1 aliphatic rings. The van der Waals surface area contributed by atoms with Gasteiger partial charge in [-0.05, 0) is 68.8 Å². The van der Waals surface area contributed by atoms with Gasteiger partial charge in [0.2, 0.25) is 0 Å². The number of ether oxygens (including phenoxy) is 1. The van der Waals surface area contributed by atoms with E-state index in [1.165, 1.54) is 15.5 Å². The molecule has 1 amide bonds. The predicted molar refractivity (Wildman–Crippen MR) is 146 cm³/mol. The molecule has 198 valence electrons. The number of carbonyl (C=O) groups excluding carboxylic acids is 1. The van der Waals surface area contributed by atoms with Gasteiger partial charge in [-0.2, -0.15) is 5.26 Å². The van der Waals surface area contributed by atoms with Gasteiger partial charge in [-0.25, -0.2) is 14.8 Å². The van der Waals surface area contributed by atoms with Crippen LogP contribution in [0.3, 0.4) is 0 Å². The van der Waals surface area contributed by atoms with Crippen molar-refractivity contribution in [2.24, 2.45) is 0 Å². The van der Waals surface area contributed by atoms with Crippen molar-refractivity contribution < 1.29 is 9.53 Å². The Morgan fingerprint density at radius 2 is 1.97 bits per heavy atom. The van der Waals surface area contributed by atoms with E-state index in [2.05, 4.69) is 20.6 Å². The minimum Gasteiger partial charge on any atom is -0.457 e. The average molecular weight is 525 g/mol. The molecule has 0 bridgehead atoms. The van der Waals surface area contributed by atoms with Gasteiger partial charge < -0.3 is 21.1 Å². The first-order valence-electron chi connectivity index (χ1n) is 12.7. The van der Waals surface area contributed by atoms with E-state index in [9.17, 15) is 14.9 Å². The molecule has 0 radical (unpaired) electrons. The molecule has 3 heterocycles. The van der Waals surface area contributed by atoms with Crippen LogP contribution in [0.4, 0.5) is 5.82 Å². The number of fused-ring (bicyclic) bond motifs is 1. The van der Waals surface area contributed by atoms with Crippen molar-refractivity contribution in [3.63, 3.8) is 0 Å². The van der Waals surface area contributed by atoms with E-state index in [4.69, 9.17) is 10.5 Å². The molecule has 4 N–H and O–H groups in total. The summed E-state index contributed by atoms with van der Waals surface area (Å²) in [4.78, 5) is 34.8. The van der Waals surface area contributed by atoms with Gasteiger partial charge in [-0.1, -0.05) is 18.2 Å². The van der Waals surface area contributed by atoms with Crippen molar-refractivity contribution in [1.82, 2.24) is 29.7 Å². The summed E-state index contributed by atoms with van der Waals surface area (Å²) in [6.45, 7) is 2.73. The van der Waals surface area contributed by atoms with Crippen molar-refractivity contribution in [3.8, 4) is 23.3 Å². The smallest absolute Gasteiger partial charge is 0.335 e. The molecule has 1 aliphatic heterocycles. The van der Waals surface area contributed by atoms with Crippen LogP contribution in [-0.2, 0) is 11.3 Å². The van der Waals surface area contributed by atoms with E-state index in [0.29, 0.717) is 28.4 Å². The monoisotopic (exact) mass is 524 g/mol. The van der Waals surface area contributed by atoms with Crippen LogP contribution in [-0.4, -0.2) is 43.6 Å². The molecule has 5 rings (SSSR count). The van der Waals surface area contributed by atoms with E-state index < -0.39 is 11.9 Å². The standard InChI is InChI=1S/C28H28N8O3/c1-18(34-27(37)19(15-29)14-20-6-5-13-31-20)16-35-26-24(25(30)32-17-33-26)36(28(35)38)21-9-11-23(12-10-21)39-22-7-3-2-4-8-22/h2-4,7-12,14,17-18,20,31H,5-6,13,16H2,1H3,(H,34,37)(H2,30,32,33)/t18-,20-/m0/s1. The maximum absolute atomic E-state index is 13.6. The summed E-state index contributed by atoms with van der Waals surface area (Å²) in [6.07, 6.45) is 4.83. The van der Waals surface area contributed by atoms with Crippen LogP contribution in [0.25, 0.3) is 16.9 Å². The number of nitrogens with zero attached hydrogens (tertiary/aromatic N) is 5. The topological polar surface area (TPSA) is 153 Å². The van der Waals surface area contributed by atoms with Crippen LogP contribution >= 0.6 is 0 Å². The van der Waals surface area contributed by atoms with Crippen molar-refractivity contribution in [2.75, 3.05) is 12.3 Å². The first kappa shape index (κ1) is 25.7. The number of rotatable bonds is 8. The van der Waals surface area contributed by atoms with Gasteiger partial charge in [0.05, 0.1) is 5.69 Å². The molecule has 4 aromatic rings. The molecule has 0 spiro atoms. The minimum absolute atomic E-state index is 0.00505. The molecule has 0 unspecified atom stereocenters. The highest BCUT2D eigenvalue weighted by Crippen LogP contribution is 2.25. The summed E-state index contributed by atoms with van der Waals surface area (Å²) in [5, 5.41) is 15.6. The normalized spacial score (nSPS) is 16.1. The number of nitrogens with one attached hydrogen (secondary N) is 2. The largest absolute Gasteiger partial charge is 0.457 e. The summed E-state index contributed by atoms with van der Waals surface area (Å²) >= 11 is 0. The van der Waals surface area contributed by atoms with E-state index >= 15 is 0 Å². The zero-order valence-electron chi connectivity index (χ0n) is 21.4.